The number of carbonyl (C=O) groups excluding carboxylic acids is 1. The zero-order valence-electron chi connectivity index (χ0n) is 12.0. The molecule has 0 saturated heterocycles. The summed E-state index contributed by atoms with van der Waals surface area (Å²) in [7, 11) is 1.61. The highest BCUT2D eigenvalue weighted by Gasteiger charge is 2.16. The summed E-state index contributed by atoms with van der Waals surface area (Å²) in [6, 6.07) is 13.9. The summed E-state index contributed by atoms with van der Waals surface area (Å²) in [6.45, 7) is 3.96. The lowest BCUT2D eigenvalue weighted by atomic mass is 10.0. The summed E-state index contributed by atoms with van der Waals surface area (Å²) in [5.74, 6) is 1.19. The van der Waals surface area contributed by atoms with Gasteiger partial charge in [0, 0.05) is 4.90 Å². The van der Waals surface area contributed by atoms with E-state index in [4.69, 9.17) is 4.74 Å². The highest BCUT2D eigenvalue weighted by Crippen LogP contribution is 2.27. The van der Waals surface area contributed by atoms with Gasteiger partial charge in [-0.15, -0.1) is 11.8 Å². The molecule has 2 nitrogen and oxygen atoms in total. The molecular formula is C17H18O2S. The molecule has 0 atom stereocenters. The van der Waals surface area contributed by atoms with Gasteiger partial charge in [-0.05, 0) is 43.2 Å². The molecule has 0 fully saturated rings. The lowest BCUT2D eigenvalue weighted by molar-refractivity contribution is 0.101. The second-order valence-corrected chi connectivity index (χ2v) is 5.73. The van der Waals surface area contributed by atoms with Gasteiger partial charge in [0.1, 0.15) is 5.75 Å². The minimum Gasteiger partial charge on any atom is -0.496 e. The van der Waals surface area contributed by atoms with E-state index in [1.807, 2.05) is 56.3 Å². The van der Waals surface area contributed by atoms with Crippen LogP contribution < -0.4 is 4.74 Å². The summed E-state index contributed by atoms with van der Waals surface area (Å²) in [5.41, 5.74) is 2.77. The van der Waals surface area contributed by atoms with Crippen molar-refractivity contribution in [1.29, 1.82) is 0 Å². The van der Waals surface area contributed by atoms with Crippen molar-refractivity contribution in [2.24, 2.45) is 0 Å². The first-order valence-electron chi connectivity index (χ1n) is 6.48. The average Bonchev–Trinajstić information content (AvgIpc) is 2.45. The molecule has 0 N–H and O–H groups in total. The SMILES string of the molecule is COc1cc(C)cc(C)c1C(=O)CSc1ccccc1. The van der Waals surface area contributed by atoms with Gasteiger partial charge in [-0.1, -0.05) is 24.3 Å². The number of Topliss-reactive ketones (excluding diaryl/α,β-unsaturated/α-hetero) is 1. The lowest BCUT2D eigenvalue weighted by Gasteiger charge is -2.12. The molecule has 0 saturated carbocycles. The minimum atomic E-state index is 0.105. The van der Waals surface area contributed by atoms with E-state index >= 15 is 0 Å². The zero-order chi connectivity index (χ0) is 14.5. The first-order chi connectivity index (χ1) is 9.61. The molecule has 20 heavy (non-hydrogen) atoms. The maximum atomic E-state index is 12.4. The molecule has 0 radical (unpaired) electrons. The Balaban J connectivity index is 2.17. The Morgan fingerprint density at radius 3 is 2.50 bits per heavy atom. The smallest absolute Gasteiger partial charge is 0.177 e. The van der Waals surface area contributed by atoms with E-state index in [0.29, 0.717) is 17.1 Å². The maximum absolute atomic E-state index is 12.4. The molecule has 0 bridgehead atoms. The Hall–Kier alpha value is -1.74. The summed E-state index contributed by atoms with van der Waals surface area (Å²) in [4.78, 5) is 13.5. The van der Waals surface area contributed by atoms with Crippen molar-refractivity contribution in [2.75, 3.05) is 12.9 Å². The van der Waals surface area contributed by atoms with Crippen LogP contribution in [0.1, 0.15) is 21.5 Å². The minimum absolute atomic E-state index is 0.105. The van der Waals surface area contributed by atoms with Crippen molar-refractivity contribution >= 4 is 17.5 Å². The van der Waals surface area contributed by atoms with Gasteiger partial charge >= 0.3 is 0 Å². The van der Waals surface area contributed by atoms with Crippen LogP contribution in [0.5, 0.6) is 5.75 Å². The molecule has 3 heteroatoms. The average molecular weight is 286 g/mol. The van der Waals surface area contributed by atoms with Gasteiger partial charge < -0.3 is 4.74 Å². The van der Waals surface area contributed by atoms with Crippen LogP contribution in [-0.4, -0.2) is 18.6 Å². The molecule has 104 valence electrons. The molecule has 2 aromatic carbocycles. The first kappa shape index (κ1) is 14.7. The molecule has 0 heterocycles. The Morgan fingerprint density at radius 1 is 1.15 bits per heavy atom. The highest BCUT2D eigenvalue weighted by molar-refractivity contribution is 8.00. The summed E-state index contributed by atoms with van der Waals surface area (Å²) >= 11 is 1.55. The number of ether oxygens (including phenoxy) is 1. The highest BCUT2D eigenvalue weighted by atomic mass is 32.2. The van der Waals surface area contributed by atoms with E-state index in [-0.39, 0.29) is 5.78 Å². The molecule has 0 spiro atoms. The molecule has 2 aromatic rings. The monoisotopic (exact) mass is 286 g/mol. The number of aryl methyl sites for hydroxylation is 2. The van der Waals surface area contributed by atoms with E-state index in [0.717, 1.165) is 16.0 Å². The van der Waals surface area contributed by atoms with Crippen molar-refractivity contribution in [2.45, 2.75) is 18.7 Å². The number of carbonyl (C=O) groups is 1. The lowest BCUT2D eigenvalue weighted by Crippen LogP contribution is -2.07. The van der Waals surface area contributed by atoms with Gasteiger partial charge in [0.05, 0.1) is 18.4 Å². The summed E-state index contributed by atoms with van der Waals surface area (Å²) in [5, 5.41) is 0. The molecule has 0 aromatic heterocycles. The van der Waals surface area contributed by atoms with Crippen molar-refractivity contribution < 1.29 is 9.53 Å². The topological polar surface area (TPSA) is 26.3 Å². The fourth-order valence-corrected chi connectivity index (χ4v) is 2.98. The Bertz CT molecular complexity index is 606. The van der Waals surface area contributed by atoms with E-state index in [1.54, 1.807) is 18.9 Å². The number of hydrogen-bond donors (Lipinski definition) is 0. The summed E-state index contributed by atoms with van der Waals surface area (Å²) in [6.07, 6.45) is 0. The Kier molecular flexibility index (Phi) is 4.85. The predicted molar refractivity (Wildman–Crippen MR) is 84.0 cm³/mol. The molecular weight excluding hydrogens is 268 g/mol. The Morgan fingerprint density at radius 2 is 1.85 bits per heavy atom. The van der Waals surface area contributed by atoms with E-state index in [9.17, 15) is 4.79 Å². The Labute approximate surface area is 124 Å². The van der Waals surface area contributed by atoms with Gasteiger partial charge in [0.25, 0.3) is 0 Å². The molecule has 0 unspecified atom stereocenters. The third kappa shape index (κ3) is 3.42. The van der Waals surface area contributed by atoms with Gasteiger partial charge in [0.2, 0.25) is 0 Å². The van der Waals surface area contributed by atoms with E-state index in [1.165, 1.54) is 0 Å². The largest absolute Gasteiger partial charge is 0.496 e. The van der Waals surface area contributed by atoms with Crippen LogP contribution in [0, 0.1) is 13.8 Å². The standard InChI is InChI=1S/C17H18O2S/c1-12-9-13(2)17(16(10-12)19-3)15(18)11-20-14-7-5-4-6-8-14/h4-10H,11H2,1-3H3. The second kappa shape index (κ2) is 6.62. The van der Waals surface area contributed by atoms with Crippen LogP contribution >= 0.6 is 11.8 Å². The van der Waals surface area contributed by atoms with Crippen molar-refractivity contribution in [3.8, 4) is 5.75 Å². The van der Waals surface area contributed by atoms with Crippen molar-refractivity contribution in [1.82, 2.24) is 0 Å². The van der Waals surface area contributed by atoms with Crippen LogP contribution in [0.4, 0.5) is 0 Å². The van der Waals surface area contributed by atoms with Gasteiger partial charge in [-0.3, -0.25) is 4.79 Å². The van der Waals surface area contributed by atoms with E-state index < -0.39 is 0 Å². The quantitative estimate of drug-likeness (QED) is 0.606. The van der Waals surface area contributed by atoms with Crippen LogP contribution in [0.25, 0.3) is 0 Å². The normalized spacial score (nSPS) is 10.3. The van der Waals surface area contributed by atoms with Crippen LogP contribution in [-0.2, 0) is 0 Å². The number of thioether (sulfide) groups is 1. The third-order valence-electron chi connectivity index (χ3n) is 3.06. The summed E-state index contributed by atoms with van der Waals surface area (Å²) < 4.78 is 5.35. The fraction of sp³-hybridized carbons (Fsp3) is 0.235. The molecule has 0 aliphatic rings. The molecule has 0 aliphatic carbocycles. The molecule has 0 amide bonds. The first-order valence-corrected chi connectivity index (χ1v) is 7.46. The molecule has 2 rings (SSSR count). The predicted octanol–water partition coefficient (Wildman–Crippen LogP) is 4.29. The number of rotatable bonds is 5. The van der Waals surface area contributed by atoms with E-state index in [2.05, 4.69) is 0 Å². The number of hydrogen-bond acceptors (Lipinski definition) is 3. The molecule has 0 aliphatic heterocycles. The number of ketones is 1. The van der Waals surface area contributed by atoms with Crippen LogP contribution in [0.3, 0.4) is 0 Å². The van der Waals surface area contributed by atoms with Crippen molar-refractivity contribution in [3.63, 3.8) is 0 Å². The second-order valence-electron chi connectivity index (χ2n) is 4.68. The van der Waals surface area contributed by atoms with Gasteiger partial charge in [-0.25, -0.2) is 0 Å². The number of methoxy groups -OCH3 is 1. The third-order valence-corrected chi connectivity index (χ3v) is 4.07. The van der Waals surface area contributed by atoms with Crippen molar-refractivity contribution in [3.05, 3.63) is 59.2 Å². The van der Waals surface area contributed by atoms with Crippen LogP contribution in [0.2, 0.25) is 0 Å². The zero-order valence-corrected chi connectivity index (χ0v) is 12.8. The number of benzene rings is 2. The van der Waals surface area contributed by atoms with Gasteiger partial charge in [0.15, 0.2) is 5.78 Å². The maximum Gasteiger partial charge on any atom is 0.177 e. The fourth-order valence-electron chi connectivity index (χ4n) is 2.18. The van der Waals surface area contributed by atoms with Crippen LogP contribution in [0.15, 0.2) is 47.4 Å². The van der Waals surface area contributed by atoms with Gasteiger partial charge in [-0.2, -0.15) is 0 Å².